The zero-order valence-corrected chi connectivity index (χ0v) is 13.5. The standard InChI is InChI=1S/C18H16N.HI/c1-19-17(13-11-15-7-3-2-4-8-15)14-12-16-9-5-6-10-18(16)19;/h2-14H,1H3;1H/q+1;/p-1/b13-11+;. The lowest BCUT2D eigenvalue weighted by Gasteiger charge is -1.99. The van der Waals surface area contributed by atoms with Gasteiger partial charge in [0.1, 0.15) is 7.05 Å². The molecule has 1 heterocycles. The van der Waals surface area contributed by atoms with Gasteiger partial charge in [0.2, 0.25) is 11.2 Å². The third-order valence-electron chi connectivity index (χ3n) is 3.37. The minimum Gasteiger partial charge on any atom is -1.00 e. The molecule has 0 fully saturated rings. The second-order valence-electron chi connectivity index (χ2n) is 4.62. The van der Waals surface area contributed by atoms with Crippen molar-refractivity contribution in [2.24, 2.45) is 7.05 Å². The van der Waals surface area contributed by atoms with Crippen LogP contribution in [0.1, 0.15) is 11.3 Å². The molecule has 3 aromatic rings. The van der Waals surface area contributed by atoms with E-state index in [1.807, 2.05) is 6.07 Å². The zero-order chi connectivity index (χ0) is 13.1. The summed E-state index contributed by atoms with van der Waals surface area (Å²) in [6.45, 7) is 0. The first-order valence-electron chi connectivity index (χ1n) is 6.45. The predicted molar refractivity (Wildman–Crippen MR) is 80.5 cm³/mol. The number of rotatable bonds is 2. The van der Waals surface area contributed by atoms with Crippen LogP contribution in [-0.2, 0) is 7.05 Å². The van der Waals surface area contributed by atoms with Crippen molar-refractivity contribution in [2.45, 2.75) is 0 Å². The molecule has 0 saturated heterocycles. The summed E-state index contributed by atoms with van der Waals surface area (Å²) in [5.41, 5.74) is 3.66. The number of para-hydroxylation sites is 1. The van der Waals surface area contributed by atoms with Crippen LogP contribution in [0.5, 0.6) is 0 Å². The van der Waals surface area contributed by atoms with Gasteiger partial charge in [-0.2, -0.15) is 4.57 Å². The smallest absolute Gasteiger partial charge is 0.212 e. The molecular formula is C18H16IN. The van der Waals surface area contributed by atoms with E-state index in [1.165, 1.54) is 22.2 Å². The van der Waals surface area contributed by atoms with Crippen LogP contribution in [0.2, 0.25) is 0 Å². The van der Waals surface area contributed by atoms with Crippen molar-refractivity contribution in [3.05, 3.63) is 78.0 Å². The molecule has 0 saturated carbocycles. The first-order chi connectivity index (χ1) is 9.34. The molecule has 2 aromatic carbocycles. The number of pyridine rings is 1. The molecule has 0 atom stereocenters. The summed E-state index contributed by atoms with van der Waals surface area (Å²) >= 11 is 0. The fourth-order valence-electron chi connectivity index (χ4n) is 2.27. The van der Waals surface area contributed by atoms with Crippen LogP contribution >= 0.6 is 0 Å². The summed E-state index contributed by atoms with van der Waals surface area (Å²) in [4.78, 5) is 0. The number of nitrogens with zero attached hydrogens (tertiary/aromatic N) is 1. The highest BCUT2D eigenvalue weighted by atomic mass is 127. The average molecular weight is 373 g/mol. The van der Waals surface area contributed by atoms with Gasteiger partial charge in [-0.25, -0.2) is 0 Å². The number of aromatic nitrogens is 1. The molecule has 1 aromatic heterocycles. The fraction of sp³-hybridized carbons (Fsp3) is 0.0556. The number of hydrogen-bond donors (Lipinski definition) is 0. The molecule has 0 bridgehead atoms. The van der Waals surface area contributed by atoms with Crippen molar-refractivity contribution in [1.82, 2.24) is 0 Å². The van der Waals surface area contributed by atoms with E-state index in [-0.39, 0.29) is 24.0 Å². The van der Waals surface area contributed by atoms with Gasteiger partial charge in [-0.15, -0.1) is 0 Å². The Hall–Kier alpha value is -1.68. The number of halogens is 1. The number of aryl methyl sites for hydroxylation is 1. The summed E-state index contributed by atoms with van der Waals surface area (Å²) in [6.07, 6.45) is 4.30. The van der Waals surface area contributed by atoms with E-state index in [2.05, 4.69) is 84.4 Å². The molecule has 20 heavy (non-hydrogen) atoms. The second-order valence-corrected chi connectivity index (χ2v) is 4.62. The van der Waals surface area contributed by atoms with Crippen LogP contribution in [0, 0.1) is 0 Å². The molecule has 0 aliphatic carbocycles. The first-order valence-corrected chi connectivity index (χ1v) is 6.45. The van der Waals surface area contributed by atoms with Gasteiger partial charge in [-0.1, -0.05) is 42.5 Å². The SMILES string of the molecule is C[n+]1c(/C=C/c2ccccc2)ccc2ccccc21.[I-]. The maximum Gasteiger partial charge on any atom is 0.212 e. The molecule has 0 unspecified atom stereocenters. The summed E-state index contributed by atoms with van der Waals surface area (Å²) in [7, 11) is 2.10. The Morgan fingerprint density at radius 3 is 2.25 bits per heavy atom. The molecule has 2 heteroatoms. The number of benzene rings is 2. The minimum absolute atomic E-state index is 0. The van der Waals surface area contributed by atoms with Gasteiger partial charge in [0.15, 0.2) is 0 Å². The number of hydrogen-bond acceptors (Lipinski definition) is 0. The predicted octanol–water partition coefficient (Wildman–Crippen LogP) is 0.839. The topological polar surface area (TPSA) is 3.88 Å². The lowest BCUT2D eigenvalue weighted by Crippen LogP contribution is -3.00. The van der Waals surface area contributed by atoms with Crippen molar-refractivity contribution < 1.29 is 28.5 Å². The van der Waals surface area contributed by atoms with E-state index in [0.29, 0.717) is 0 Å². The van der Waals surface area contributed by atoms with Crippen LogP contribution in [0.4, 0.5) is 0 Å². The second kappa shape index (κ2) is 6.66. The van der Waals surface area contributed by atoms with E-state index in [9.17, 15) is 0 Å². The van der Waals surface area contributed by atoms with E-state index in [1.54, 1.807) is 0 Å². The number of fused-ring (bicyclic) bond motifs is 1. The molecule has 1 nitrogen and oxygen atoms in total. The third-order valence-corrected chi connectivity index (χ3v) is 3.37. The highest BCUT2D eigenvalue weighted by Crippen LogP contribution is 2.11. The Labute approximate surface area is 136 Å². The van der Waals surface area contributed by atoms with Crippen LogP contribution in [0.25, 0.3) is 23.1 Å². The molecule has 0 N–H and O–H groups in total. The summed E-state index contributed by atoms with van der Waals surface area (Å²) in [6, 6.07) is 23.1. The fourth-order valence-corrected chi connectivity index (χ4v) is 2.27. The van der Waals surface area contributed by atoms with Crippen LogP contribution in [0.15, 0.2) is 66.7 Å². The molecule has 0 aliphatic heterocycles. The van der Waals surface area contributed by atoms with E-state index in [0.717, 1.165) is 0 Å². The van der Waals surface area contributed by atoms with Gasteiger partial charge < -0.3 is 24.0 Å². The maximum absolute atomic E-state index is 2.22. The maximum atomic E-state index is 2.22. The van der Waals surface area contributed by atoms with Gasteiger partial charge in [0.05, 0.1) is 0 Å². The van der Waals surface area contributed by atoms with Gasteiger partial charge in [0, 0.05) is 23.6 Å². The van der Waals surface area contributed by atoms with Gasteiger partial charge in [-0.3, -0.25) is 0 Å². The van der Waals surface area contributed by atoms with E-state index >= 15 is 0 Å². The summed E-state index contributed by atoms with van der Waals surface area (Å²) in [5, 5.41) is 1.27. The highest BCUT2D eigenvalue weighted by molar-refractivity contribution is 5.77. The lowest BCUT2D eigenvalue weighted by molar-refractivity contribution is -0.646. The molecule has 0 aliphatic rings. The van der Waals surface area contributed by atoms with Crippen molar-refractivity contribution in [2.75, 3.05) is 0 Å². The van der Waals surface area contributed by atoms with Crippen molar-refractivity contribution in [3.63, 3.8) is 0 Å². The minimum atomic E-state index is 0. The van der Waals surface area contributed by atoms with Crippen LogP contribution in [0.3, 0.4) is 0 Å². The quantitative estimate of drug-likeness (QED) is 0.463. The Kier molecular flexibility index (Phi) is 4.90. The molecule has 0 spiro atoms. The van der Waals surface area contributed by atoms with Crippen LogP contribution < -0.4 is 28.5 Å². The Morgan fingerprint density at radius 2 is 1.45 bits per heavy atom. The van der Waals surface area contributed by atoms with Crippen LogP contribution in [-0.4, -0.2) is 0 Å². The Bertz CT molecular complexity index is 733. The lowest BCUT2D eigenvalue weighted by atomic mass is 10.1. The third kappa shape index (κ3) is 3.07. The van der Waals surface area contributed by atoms with Crippen molar-refractivity contribution >= 4 is 23.1 Å². The van der Waals surface area contributed by atoms with Gasteiger partial charge in [-0.05, 0) is 23.8 Å². The highest BCUT2D eigenvalue weighted by Gasteiger charge is 2.07. The summed E-state index contributed by atoms with van der Waals surface area (Å²) in [5.74, 6) is 0. The molecule has 100 valence electrons. The molecule has 0 radical (unpaired) electrons. The van der Waals surface area contributed by atoms with E-state index in [4.69, 9.17) is 0 Å². The average Bonchev–Trinajstić information content (AvgIpc) is 2.48. The molecule has 3 rings (SSSR count). The monoisotopic (exact) mass is 373 g/mol. The Balaban J connectivity index is 0.00000147. The molecular weight excluding hydrogens is 357 g/mol. The van der Waals surface area contributed by atoms with E-state index < -0.39 is 0 Å². The van der Waals surface area contributed by atoms with Crippen molar-refractivity contribution in [1.29, 1.82) is 0 Å². The largest absolute Gasteiger partial charge is 1.00 e. The van der Waals surface area contributed by atoms with Gasteiger partial charge in [0.25, 0.3) is 0 Å². The zero-order valence-electron chi connectivity index (χ0n) is 11.3. The normalized spacial score (nSPS) is 10.7. The molecule has 0 amide bonds. The Morgan fingerprint density at radius 1 is 0.750 bits per heavy atom. The summed E-state index contributed by atoms with van der Waals surface area (Å²) < 4.78 is 2.22. The van der Waals surface area contributed by atoms with Crippen molar-refractivity contribution in [3.8, 4) is 0 Å². The first kappa shape index (κ1) is 14.7. The van der Waals surface area contributed by atoms with Gasteiger partial charge >= 0.3 is 0 Å².